The van der Waals surface area contributed by atoms with E-state index in [1.165, 1.54) is 20.0 Å². The lowest BCUT2D eigenvalue weighted by Gasteiger charge is -2.45. The highest BCUT2D eigenvalue weighted by molar-refractivity contribution is 5.89. The summed E-state index contributed by atoms with van der Waals surface area (Å²) >= 11 is 0. The van der Waals surface area contributed by atoms with Crippen molar-refractivity contribution in [3.63, 3.8) is 0 Å². The molecule has 1 saturated carbocycles. The van der Waals surface area contributed by atoms with Crippen molar-refractivity contribution >= 4 is 11.9 Å². The van der Waals surface area contributed by atoms with Crippen molar-refractivity contribution in [1.29, 1.82) is 0 Å². The fraction of sp³-hybridized carbons (Fsp3) is 0.600. The third-order valence-electron chi connectivity index (χ3n) is 6.01. The zero-order valence-corrected chi connectivity index (χ0v) is 14.9. The number of hydrogen-bond acceptors (Lipinski definition) is 4. The molecular weight excluding hydrogens is 316 g/mol. The van der Waals surface area contributed by atoms with Crippen LogP contribution >= 0.6 is 0 Å². The number of benzene rings is 1. The third kappa shape index (κ3) is 2.95. The highest BCUT2D eigenvalue weighted by Crippen LogP contribution is 2.42. The first-order chi connectivity index (χ1) is 12.1. The van der Waals surface area contributed by atoms with E-state index >= 15 is 0 Å². The van der Waals surface area contributed by atoms with Crippen LogP contribution in [0.4, 0.5) is 0 Å². The second kappa shape index (κ2) is 6.45. The summed E-state index contributed by atoms with van der Waals surface area (Å²) in [6.07, 6.45) is 6.52. The molecule has 5 heteroatoms. The van der Waals surface area contributed by atoms with Crippen molar-refractivity contribution < 1.29 is 14.3 Å². The quantitative estimate of drug-likeness (QED) is 0.789. The van der Waals surface area contributed by atoms with E-state index in [4.69, 9.17) is 4.74 Å². The highest BCUT2D eigenvalue weighted by atomic mass is 16.5. The van der Waals surface area contributed by atoms with Crippen molar-refractivity contribution in [2.24, 2.45) is 0 Å². The first kappa shape index (κ1) is 16.6. The Morgan fingerprint density at radius 3 is 2.48 bits per heavy atom. The summed E-state index contributed by atoms with van der Waals surface area (Å²) in [5.41, 5.74) is 1.42. The molecule has 1 aromatic rings. The summed E-state index contributed by atoms with van der Waals surface area (Å²) in [6.45, 7) is 2.68. The number of amides is 1. The molecule has 1 spiro atoms. The molecule has 1 aromatic carbocycles. The molecule has 2 heterocycles. The van der Waals surface area contributed by atoms with Gasteiger partial charge >= 0.3 is 5.97 Å². The zero-order chi connectivity index (χ0) is 17.4. The Kier molecular flexibility index (Phi) is 4.28. The number of carbonyl (C=O) groups is 2. The lowest BCUT2D eigenvalue weighted by atomic mass is 9.85. The number of ether oxygens (including phenoxy) is 1. The van der Waals surface area contributed by atoms with Gasteiger partial charge in [0.2, 0.25) is 5.91 Å². The van der Waals surface area contributed by atoms with E-state index in [0.717, 1.165) is 50.9 Å². The summed E-state index contributed by atoms with van der Waals surface area (Å²) in [5, 5.41) is 0. The van der Waals surface area contributed by atoms with Gasteiger partial charge in [0.05, 0.1) is 12.7 Å². The van der Waals surface area contributed by atoms with E-state index < -0.39 is 0 Å². The Balaban J connectivity index is 1.51. The van der Waals surface area contributed by atoms with Crippen molar-refractivity contribution in [3.05, 3.63) is 35.4 Å². The maximum Gasteiger partial charge on any atom is 0.337 e. The average molecular weight is 342 g/mol. The number of likely N-dealkylation sites (tertiary alicyclic amines) is 2. The Morgan fingerprint density at radius 2 is 1.84 bits per heavy atom. The summed E-state index contributed by atoms with van der Waals surface area (Å²) in [4.78, 5) is 29.4. The molecule has 1 amide bonds. The fourth-order valence-electron chi connectivity index (χ4n) is 4.53. The number of hydrogen-bond donors (Lipinski definition) is 0. The minimum atomic E-state index is -0.313. The molecule has 0 N–H and O–H groups in total. The Bertz CT molecular complexity index is 668. The van der Waals surface area contributed by atoms with E-state index in [2.05, 4.69) is 9.80 Å². The maximum absolute atomic E-state index is 13.2. The second-order valence-electron chi connectivity index (χ2n) is 7.58. The van der Waals surface area contributed by atoms with E-state index in [1.807, 2.05) is 24.3 Å². The van der Waals surface area contributed by atoms with Crippen LogP contribution in [0.2, 0.25) is 0 Å². The molecular formula is C20H26N2O3. The van der Waals surface area contributed by atoms with Gasteiger partial charge in [-0.15, -0.1) is 0 Å². The fourth-order valence-corrected chi connectivity index (χ4v) is 4.53. The van der Waals surface area contributed by atoms with Gasteiger partial charge in [-0.2, -0.15) is 0 Å². The minimum Gasteiger partial charge on any atom is -0.465 e. The molecule has 1 unspecified atom stereocenters. The molecule has 3 aliphatic rings. The monoisotopic (exact) mass is 342 g/mol. The Labute approximate surface area is 148 Å². The zero-order valence-electron chi connectivity index (χ0n) is 14.9. The van der Waals surface area contributed by atoms with Crippen LogP contribution in [0.3, 0.4) is 0 Å². The molecule has 0 aromatic heterocycles. The van der Waals surface area contributed by atoms with Crippen LogP contribution in [0.15, 0.2) is 24.3 Å². The number of nitrogens with zero attached hydrogens (tertiary/aromatic N) is 2. The van der Waals surface area contributed by atoms with E-state index in [1.54, 1.807) is 0 Å². The van der Waals surface area contributed by atoms with Crippen LogP contribution in [0.5, 0.6) is 0 Å². The van der Waals surface area contributed by atoms with E-state index in [9.17, 15) is 9.59 Å². The van der Waals surface area contributed by atoms with Crippen molar-refractivity contribution in [2.75, 3.05) is 20.2 Å². The van der Waals surface area contributed by atoms with Crippen molar-refractivity contribution in [1.82, 2.24) is 9.80 Å². The Hall–Kier alpha value is -1.88. The van der Waals surface area contributed by atoms with Crippen LogP contribution in [-0.4, -0.2) is 53.5 Å². The number of piperidine rings is 1. The molecule has 2 aliphatic heterocycles. The van der Waals surface area contributed by atoms with Crippen LogP contribution in [0, 0.1) is 0 Å². The molecule has 5 nitrogen and oxygen atoms in total. The molecule has 4 rings (SSSR count). The largest absolute Gasteiger partial charge is 0.465 e. The van der Waals surface area contributed by atoms with Crippen molar-refractivity contribution in [2.45, 2.75) is 56.7 Å². The molecule has 25 heavy (non-hydrogen) atoms. The summed E-state index contributed by atoms with van der Waals surface area (Å²) in [7, 11) is 1.39. The maximum atomic E-state index is 13.2. The number of methoxy groups -OCH3 is 1. The third-order valence-corrected chi connectivity index (χ3v) is 6.01. The molecule has 1 atom stereocenters. The van der Waals surface area contributed by atoms with Gasteiger partial charge in [-0.25, -0.2) is 4.79 Å². The van der Waals surface area contributed by atoms with Crippen LogP contribution < -0.4 is 0 Å². The topological polar surface area (TPSA) is 49.9 Å². The summed E-state index contributed by atoms with van der Waals surface area (Å²) in [5.74, 6) is 0.0525. The van der Waals surface area contributed by atoms with Gasteiger partial charge in [0.25, 0.3) is 0 Å². The summed E-state index contributed by atoms with van der Waals surface area (Å²) in [6, 6.07) is 8.08. The lowest BCUT2D eigenvalue weighted by molar-refractivity contribution is -0.148. The van der Waals surface area contributed by atoms with Gasteiger partial charge in [-0.05, 0) is 62.8 Å². The van der Waals surface area contributed by atoms with Crippen molar-refractivity contribution in [3.8, 4) is 0 Å². The minimum absolute atomic E-state index is 0.290. The van der Waals surface area contributed by atoms with Gasteiger partial charge in [-0.3, -0.25) is 9.69 Å². The molecule has 3 fully saturated rings. The number of esters is 1. The molecule has 1 aliphatic carbocycles. The van der Waals surface area contributed by atoms with Gasteiger partial charge in [-0.1, -0.05) is 12.1 Å². The molecule has 0 radical (unpaired) electrons. The van der Waals surface area contributed by atoms with Gasteiger partial charge in [0, 0.05) is 19.1 Å². The Morgan fingerprint density at radius 1 is 1.16 bits per heavy atom. The van der Waals surface area contributed by atoms with E-state index in [0.29, 0.717) is 17.5 Å². The first-order valence-corrected chi connectivity index (χ1v) is 9.37. The van der Waals surface area contributed by atoms with Gasteiger partial charge in [0.1, 0.15) is 5.54 Å². The standard InChI is InChI=1S/C20H26N2O3/c1-25-18(23)16-6-4-15(5-7-16)14-21-12-2-10-20(21)11-3-13-22(19(20)24)17-8-9-17/h4-7,17H,2-3,8-14H2,1H3. The first-order valence-electron chi connectivity index (χ1n) is 9.37. The normalized spacial score (nSPS) is 27.1. The van der Waals surface area contributed by atoms with Crippen LogP contribution in [0.25, 0.3) is 0 Å². The lowest BCUT2D eigenvalue weighted by Crippen LogP contribution is -2.60. The molecule has 0 bridgehead atoms. The SMILES string of the molecule is COC(=O)c1ccc(CN2CCCC23CCCN(C2CC2)C3=O)cc1. The van der Waals surface area contributed by atoms with Crippen LogP contribution in [0.1, 0.15) is 54.4 Å². The predicted octanol–water partition coefficient (Wildman–Crippen LogP) is 2.59. The average Bonchev–Trinajstić information content (AvgIpc) is 3.41. The van der Waals surface area contributed by atoms with Gasteiger partial charge in [0.15, 0.2) is 0 Å². The number of carbonyl (C=O) groups excluding carboxylic acids is 2. The second-order valence-corrected chi connectivity index (χ2v) is 7.58. The smallest absolute Gasteiger partial charge is 0.337 e. The van der Waals surface area contributed by atoms with Crippen LogP contribution in [-0.2, 0) is 16.1 Å². The predicted molar refractivity (Wildman–Crippen MR) is 94.1 cm³/mol. The van der Waals surface area contributed by atoms with E-state index in [-0.39, 0.29) is 11.5 Å². The van der Waals surface area contributed by atoms with Gasteiger partial charge < -0.3 is 9.64 Å². The number of rotatable bonds is 4. The highest BCUT2D eigenvalue weighted by Gasteiger charge is 2.52. The molecule has 2 saturated heterocycles. The molecule has 134 valence electrons. The summed E-state index contributed by atoms with van der Waals surface area (Å²) < 4.78 is 4.75.